The Labute approximate surface area is 118 Å². The Kier molecular flexibility index (Phi) is 4.05. The Balaban J connectivity index is 2.43. The van der Waals surface area contributed by atoms with Gasteiger partial charge in [0.2, 0.25) is 0 Å². The SMILES string of the molecule is Cc1cc(F)cc(C(O)c2cc(Cl)cc(Br)c2)c1. The van der Waals surface area contributed by atoms with Crippen molar-refractivity contribution in [3.8, 4) is 0 Å². The Hall–Kier alpha value is -0.900. The second-order valence-corrected chi connectivity index (χ2v) is 5.52. The molecule has 2 aromatic rings. The predicted molar refractivity (Wildman–Crippen MR) is 74.4 cm³/mol. The summed E-state index contributed by atoms with van der Waals surface area (Å²) in [5, 5.41) is 10.8. The number of hydrogen-bond acceptors (Lipinski definition) is 1. The number of rotatable bonds is 2. The van der Waals surface area contributed by atoms with Crippen LogP contribution in [0.25, 0.3) is 0 Å². The first-order chi connectivity index (χ1) is 8.45. The highest BCUT2D eigenvalue weighted by atomic mass is 79.9. The van der Waals surface area contributed by atoms with E-state index in [1.165, 1.54) is 12.1 Å². The van der Waals surface area contributed by atoms with E-state index in [2.05, 4.69) is 15.9 Å². The molecule has 0 spiro atoms. The first kappa shape index (κ1) is 13.5. The minimum absolute atomic E-state index is 0.356. The highest BCUT2D eigenvalue weighted by Crippen LogP contribution is 2.28. The quantitative estimate of drug-likeness (QED) is 0.851. The highest BCUT2D eigenvalue weighted by Gasteiger charge is 2.13. The summed E-state index contributed by atoms with van der Waals surface area (Å²) in [5.41, 5.74) is 1.91. The van der Waals surface area contributed by atoms with Crippen molar-refractivity contribution < 1.29 is 9.50 Å². The van der Waals surface area contributed by atoms with Crippen molar-refractivity contribution in [2.45, 2.75) is 13.0 Å². The average Bonchev–Trinajstić information content (AvgIpc) is 2.25. The maximum absolute atomic E-state index is 13.3. The number of aliphatic hydroxyl groups is 1. The van der Waals surface area contributed by atoms with Crippen molar-refractivity contribution in [2.24, 2.45) is 0 Å². The zero-order chi connectivity index (χ0) is 13.3. The van der Waals surface area contributed by atoms with Crippen LogP contribution in [0.15, 0.2) is 40.9 Å². The minimum atomic E-state index is -0.894. The van der Waals surface area contributed by atoms with Gasteiger partial charge in [-0.1, -0.05) is 33.6 Å². The third-order valence-electron chi connectivity index (χ3n) is 2.58. The third-order valence-corrected chi connectivity index (χ3v) is 3.26. The van der Waals surface area contributed by atoms with E-state index in [0.29, 0.717) is 16.1 Å². The Morgan fingerprint density at radius 1 is 1.11 bits per heavy atom. The van der Waals surface area contributed by atoms with Gasteiger partial charge in [0.1, 0.15) is 11.9 Å². The van der Waals surface area contributed by atoms with Gasteiger partial charge in [0.25, 0.3) is 0 Å². The largest absolute Gasteiger partial charge is 0.384 e. The van der Waals surface area contributed by atoms with Crippen LogP contribution in [0.4, 0.5) is 4.39 Å². The molecule has 0 radical (unpaired) electrons. The summed E-state index contributed by atoms with van der Waals surface area (Å²) in [5.74, 6) is -0.356. The molecular weight excluding hydrogens is 319 g/mol. The molecule has 0 aromatic heterocycles. The summed E-state index contributed by atoms with van der Waals surface area (Å²) < 4.78 is 14.1. The van der Waals surface area contributed by atoms with Crippen molar-refractivity contribution in [1.29, 1.82) is 0 Å². The lowest BCUT2D eigenvalue weighted by atomic mass is 10.00. The number of hydrogen-bond donors (Lipinski definition) is 1. The number of aryl methyl sites for hydroxylation is 1. The van der Waals surface area contributed by atoms with Crippen LogP contribution in [0.2, 0.25) is 5.02 Å². The maximum Gasteiger partial charge on any atom is 0.123 e. The average molecular weight is 330 g/mol. The van der Waals surface area contributed by atoms with Gasteiger partial charge in [0, 0.05) is 9.50 Å². The van der Waals surface area contributed by atoms with Gasteiger partial charge in [-0.2, -0.15) is 0 Å². The fourth-order valence-electron chi connectivity index (χ4n) is 1.85. The Morgan fingerprint density at radius 3 is 2.39 bits per heavy atom. The second kappa shape index (κ2) is 5.39. The number of aliphatic hydroxyl groups excluding tert-OH is 1. The molecule has 4 heteroatoms. The zero-order valence-corrected chi connectivity index (χ0v) is 12.0. The van der Waals surface area contributed by atoms with Crippen LogP contribution in [-0.2, 0) is 0 Å². The van der Waals surface area contributed by atoms with E-state index in [1.54, 1.807) is 31.2 Å². The van der Waals surface area contributed by atoms with E-state index in [-0.39, 0.29) is 5.82 Å². The van der Waals surface area contributed by atoms with Crippen molar-refractivity contribution in [2.75, 3.05) is 0 Å². The van der Waals surface area contributed by atoms with Gasteiger partial charge >= 0.3 is 0 Å². The van der Waals surface area contributed by atoms with Crippen molar-refractivity contribution >= 4 is 27.5 Å². The molecule has 1 atom stereocenters. The monoisotopic (exact) mass is 328 g/mol. The molecule has 2 rings (SSSR count). The summed E-state index contributed by atoms with van der Waals surface area (Å²) in [6.07, 6.45) is -0.894. The van der Waals surface area contributed by atoms with Gasteiger partial charge < -0.3 is 5.11 Å². The van der Waals surface area contributed by atoms with Crippen LogP contribution >= 0.6 is 27.5 Å². The molecule has 94 valence electrons. The molecule has 0 aliphatic rings. The van der Waals surface area contributed by atoms with E-state index in [4.69, 9.17) is 11.6 Å². The lowest BCUT2D eigenvalue weighted by Gasteiger charge is -2.13. The minimum Gasteiger partial charge on any atom is -0.384 e. The van der Waals surface area contributed by atoms with E-state index in [9.17, 15) is 9.50 Å². The van der Waals surface area contributed by atoms with Crippen LogP contribution in [0.1, 0.15) is 22.8 Å². The van der Waals surface area contributed by atoms with Crippen molar-refractivity contribution in [3.63, 3.8) is 0 Å². The smallest absolute Gasteiger partial charge is 0.123 e. The molecule has 1 N–H and O–H groups in total. The molecule has 0 bridgehead atoms. The topological polar surface area (TPSA) is 20.2 Å². The molecule has 0 amide bonds. The van der Waals surface area contributed by atoms with E-state index < -0.39 is 6.10 Å². The fourth-order valence-corrected chi connectivity index (χ4v) is 2.73. The second-order valence-electron chi connectivity index (χ2n) is 4.17. The van der Waals surface area contributed by atoms with Crippen LogP contribution in [0.5, 0.6) is 0 Å². The van der Waals surface area contributed by atoms with Gasteiger partial charge in [-0.15, -0.1) is 0 Å². The summed E-state index contributed by atoms with van der Waals surface area (Å²) in [4.78, 5) is 0. The molecule has 2 aromatic carbocycles. The zero-order valence-electron chi connectivity index (χ0n) is 9.62. The molecule has 1 unspecified atom stereocenters. The van der Waals surface area contributed by atoms with Gasteiger partial charge in [0.05, 0.1) is 0 Å². The van der Waals surface area contributed by atoms with Gasteiger partial charge in [0.15, 0.2) is 0 Å². The molecule has 0 aliphatic heterocycles. The van der Waals surface area contributed by atoms with Gasteiger partial charge in [-0.3, -0.25) is 0 Å². The standard InChI is InChI=1S/C14H11BrClFO/c1-8-2-9(6-13(17)3-8)14(18)10-4-11(15)7-12(16)5-10/h2-7,14,18H,1H3. The van der Waals surface area contributed by atoms with Crippen LogP contribution in [0, 0.1) is 12.7 Å². The summed E-state index contributed by atoms with van der Waals surface area (Å²) in [6.45, 7) is 1.78. The molecule has 0 aliphatic carbocycles. The van der Waals surface area contributed by atoms with Crippen LogP contribution in [0.3, 0.4) is 0 Å². The summed E-state index contributed by atoms with van der Waals surface area (Å²) in [7, 11) is 0. The van der Waals surface area contributed by atoms with E-state index in [0.717, 1.165) is 10.0 Å². The summed E-state index contributed by atoms with van der Waals surface area (Å²) in [6, 6.07) is 9.65. The number of halogens is 3. The molecule has 0 fully saturated rings. The highest BCUT2D eigenvalue weighted by molar-refractivity contribution is 9.10. The maximum atomic E-state index is 13.3. The molecule has 18 heavy (non-hydrogen) atoms. The van der Waals surface area contributed by atoms with Gasteiger partial charge in [-0.05, 0) is 53.9 Å². The van der Waals surface area contributed by atoms with Crippen LogP contribution in [-0.4, -0.2) is 5.11 Å². The van der Waals surface area contributed by atoms with E-state index in [1.807, 2.05) is 0 Å². The first-order valence-electron chi connectivity index (χ1n) is 5.37. The van der Waals surface area contributed by atoms with Crippen molar-refractivity contribution in [1.82, 2.24) is 0 Å². The molecule has 0 saturated carbocycles. The van der Waals surface area contributed by atoms with E-state index >= 15 is 0 Å². The Bertz CT molecular complexity index is 494. The number of benzene rings is 2. The first-order valence-corrected chi connectivity index (χ1v) is 6.54. The Morgan fingerprint density at radius 2 is 1.78 bits per heavy atom. The molecular formula is C14H11BrClFO. The molecule has 1 nitrogen and oxygen atoms in total. The lowest BCUT2D eigenvalue weighted by molar-refractivity contribution is 0.219. The predicted octanol–water partition coefficient (Wildman–Crippen LogP) is 4.63. The normalized spacial score (nSPS) is 12.5. The summed E-state index contributed by atoms with van der Waals surface area (Å²) >= 11 is 9.24. The van der Waals surface area contributed by atoms with Gasteiger partial charge in [-0.25, -0.2) is 4.39 Å². The van der Waals surface area contributed by atoms with Crippen molar-refractivity contribution in [3.05, 3.63) is 68.4 Å². The molecule has 0 saturated heterocycles. The fraction of sp³-hybridized carbons (Fsp3) is 0.143. The van der Waals surface area contributed by atoms with Crippen LogP contribution < -0.4 is 0 Å². The third kappa shape index (κ3) is 3.10. The molecule has 0 heterocycles. The lowest BCUT2D eigenvalue weighted by Crippen LogP contribution is -2.01.